The highest BCUT2D eigenvalue weighted by Crippen LogP contribution is 2.17. The van der Waals surface area contributed by atoms with E-state index in [0.717, 1.165) is 0 Å². The zero-order valence-corrected chi connectivity index (χ0v) is 11.1. The van der Waals surface area contributed by atoms with Crippen molar-refractivity contribution in [2.75, 3.05) is 6.61 Å². The van der Waals surface area contributed by atoms with Gasteiger partial charge >= 0.3 is 8.25 Å². The smallest absolute Gasteiger partial charge is 0.133 e. The molecule has 0 radical (unpaired) electrons. The van der Waals surface area contributed by atoms with Crippen LogP contribution in [-0.2, 0) is 9.09 Å². The molecule has 0 saturated carbocycles. The SMILES string of the molecule is CCO[P+](=O)O.c1ccc(-c2ccccc2)cc1. The molecule has 0 aliphatic heterocycles. The van der Waals surface area contributed by atoms with Crippen molar-refractivity contribution in [3.8, 4) is 11.1 Å². The van der Waals surface area contributed by atoms with E-state index in [1.165, 1.54) is 11.1 Å². The van der Waals surface area contributed by atoms with Crippen molar-refractivity contribution in [1.82, 2.24) is 0 Å². The topological polar surface area (TPSA) is 46.5 Å². The fourth-order valence-electron chi connectivity index (χ4n) is 1.37. The summed E-state index contributed by atoms with van der Waals surface area (Å²) in [4.78, 5) is 7.84. The zero-order chi connectivity index (χ0) is 13.2. The number of rotatable bonds is 3. The van der Waals surface area contributed by atoms with Crippen LogP contribution in [0, 0.1) is 0 Å². The van der Waals surface area contributed by atoms with E-state index < -0.39 is 8.25 Å². The maximum Gasteiger partial charge on any atom is 0.694 e. The summed E-state index contributed by atoms with van der Waals surface area (Å²) in [6.07, 6.45) is 0. The summed E-state index contributed by atoms with van der Waals surface area (Å²) >= 11 is 0. The number of hydrogen-bond acceptors (Lipinski definition) is 2. The highest BCUT2D eigenvalue weighted by molar-refractivity contribution is 7.32. The molecule has 4 heteroatoms. The fourth-order valence-corrected chi connectivity index (χ4v) is 1.59. The van der Waals surface area contributed by atoms with E-state index in [0.29, 0.717) is 6.61 Å². The summed E-state index contributed by atoms with van der Waals surface area (Å²) in [6.45, 7) is 1.95. The van der Waals surface area contributed by atoms with Crippen molar-refractivity contribution in [3.63, 3.8) is 0 Å². The van der Waals surface area contributed by atoms with E-state index in [1.807, 2.05) is 12.1 Å². The molecular weight excluding hydrogens is 247 g/mol. The third-order valence-electron chi connectivity index (χ3n) is 2.12. The lowest BCUT2D eigenvalue weighted by atomic mass is 10.1. The van der Waals surface area contributed by atoms with E-state index >= 15 is 0 Å². The van der Waals surface area contributed by atoms with Crippen molar-refractivity contribution >= 4 is 8.25 Å². The lowest BCUT2D eigenvalue weighted by Gasteiger charge is -1.98. The summed E-state index contributed by atoms with van der Waals surface area (Å²) < 4.78 is 13.6. The minimum atomic E-state index is -2.35. The molecule has 0 spiro atoms. The van der Waals surface area contributed by atoms with Gasteiger partial charge in [0.15, 0.2) is 0 Å². The third kappa shape index (κ3) is 5.69. The predicted molar refractivity (Wildman–Crippen MR) is 73.3 cm³/mol. The van der Waals surface area contributed by atoms with Crippen molar-refractivity contribution < 1.29 is 14.0 Å². The number of hydrogen-bond donors (Lipinski definition) is 1. The van der Waals surface area contributed by atoms with E-state index in [4.69, 9.17) is 4.89 Å². The van der Waals surface area contributed by atoms with Crippen LogP contribution in [0.4, 0.5) is 0 Å². The Morgan fingerprint density at radius 2 is 1.33 bits per heavy atom. The molecule has 0 aliphatic rings. The van der Waals surface area contributed by atoms with Gasteiger partial charge in [-0.3, -0.25) is 0 Å². The van der Waals surface area contributed by atoms with Crippen molar-refractivity contribution in [2.24, 2.45) is 0 Å². The summed E-state index contributed by atoms with van der Waals surface area (Å²) in [5.74, 6) is 0. The second kappa shape index (κ2) is 8.54. The van der Waals surface area contributed by atoms with Gasteiger partial charge in [-0.2, -0.15) is 0 Å². The Balaban J connectivity index is 0.000000232. The summed E-state index contributed by atoms with van der Waals surface area (Å²) in [5.41, 5.74) is 2.55. The average molecular weight is 263 g/mol. The fraction of sp³-hybridized carbons (Fsp3) is 0.143. The molecule has 2 rings (SSSR count). The minimum absolute atomic E-state index is 0.297. The third-order valence-corrected chi connectivity index (χ3v) is 2.60. The molecule has 1 N–H and O–H groups in total. The molecule has 1 unspecified atom stereocenters. The molecule has 2 aromatic rings. The van der Waals surface area contributed by atoms with Crippen LogP contribution in [0.2, 0.25) is 0 Å². The molecule has 0 fully saturated rings. The standard InChI is InChI=1S/C12H10.C2H5O3P/c1-3-7-11(8-4-1)12-9-5-2-6-10-12;1-2-5-6(3)4/h1-10H;2H2,1H3/p+1. The second-order valence-corrected chi connectivity index (χ2v) is 4.12. The lowest BCUT2D eigenvalue weighted by molar-refractivity contribution is 0.297. The molecule has 18 heavy (non-hydrogen) atoms. The Morgan fingerprint density at radius 3 is 1.56 bits per heavy atom. The highest BCUT2D eigenvalue weighted by Gasteiger charge is 2.06. The Morgan fingerprint density at radius 1 is 0.944 bits per heavy atom. The van der Waals surface area contributed by atoms with Gasteiger partial charge in [-0.15, -0.1) is 9.42 Å². The van der Waals surface area contributed by atoms with Gasteiger partial charge in [-0.05, 0) is 18.1 Å². The Bertz CT molecular complexity index is 419. The highest BCUT2D eigenvalue weighted by atomic mass is 31.1. The van der Waals surface area contributed by atoms with Crippen LogP contribution in [-0.4, -0.2) is 11.5 Å². The average Bonchev–Trinajstić information content (AvgIpc) is 2.41. The molecule has 0 saturated heterocycles. The minimum Gasteiger partial charge on any atom is -0.133 e. The molecule has 0 heterocycles. The van der Waals surface area contributed by atoms with Gasteiger partial charge in [-0.1, -0.05) is 60.7 Å². The molecule has 3 nitrogen and oxygen atoms in total. The van der Waals surface area contributed by atoms with Crippen LogP contribution in [0.1, 0.15) is 6.92 Å². The van der Waals surface area contributed by atoms with Gasteiger partial charge in [-0.25, -0.2) is 0 Å². The zero-order valence-electron chi connectivity index (χ0n) is 10.2. The molecule has 2 aromatic carbocycles. The molecular formula is C14H16O3P+. The Hall–Kier alpha value is -1.54. The Kier molecular flexibility index (Phi) is 6.89. The van der Waals surface area contributed by atoms with Crippen molar-refractivity contribution in [1.29, 1.82) is 0 Å². The molecule has 0 amide bonds. The van der Waals surface area contributed by atoms with Crippen LogP contribution >= 0.6 is 8.25 Å². The van der Waals surface area contributed by atoms with Gasteiger partial charge in [0.1, 0.15) is 6.61 Å². The lowest BCUT2D eigenvalue weighted by Crippen LogP contribution is -1.73. The Labute approximate surface area is 108 Å². The largest absolute Gasteiger partial charge is 0.694 e. The molecule has 0 aliphatic carbocycles. The van der Waals surface area contributed by atoms with E-state index in [1.54, 1.807) is 6.92 Å². The summed E-state index contributed by atoms with van der Waals surface area (Å²) in [5, 5.41) is 0. The van der Waals surface area contributed by atoms with E-state index in [-0.39, 0.29) is 0 Å². The molecule has 94 valence electrons. The van der Waals surface area contributed by atoms with Gasteiger partial charge in [0, 0.05) is 4.57 Å². The maximum absolute atomic E-state index is 9.53. The maximum atomic E-state index is 9.53. The van der Waals surface area contributed by atoms with Crippen LogP contribution in [0.3, 0.4) is 0 Å². The van der Waals surface area contributed by atoms with E-state index in [2.05, 4.69) is 53.1 Å². The molecule has 0 bridgehead atoms. The normalized spacial score (nSPS) is 10.2. The summed E-state index contributed by atoms with van der Waals surface area (Å²) in [7, 11) is -2.35. The van der Waals surface area contributed by atoms with Gasteiger partial charge in [0.05, 0.1) is 0 Å². The van der Waals surface area contributed by atoms with Crippen molar-refractivity contribution in [2.45, 2.75) is 6.92 Å². The first kappa shape index (κ1) is 14.5. The monoisotopic (exact) mass is 263 g/mol. The first-order valence-corrected chi connectivity index (χ1v) is 6.76. The van der Waals surface area contributed by atoms with E-state index in [9.17, 15) is 4.57 Å². The van der Waals surface area contributed by atoms with Crippen LogP contribution < -0.4 is 0 Å². The molecule has 0 aromatic heterocycles. The van der Waals surface area contributed by atoms with Crippen LogP contribution in [0.15, 0.2) is 60.7 Å². The van der Waals surface area contributed by atoms with Crippen LogP contribution in [0.25, 0.3) is 11.1 Å². The van der Waals surface area contributed by atoms with Crippen LogP contribution in [0.5, 0.6) is 0 Å². The summed E-state index contributed by atoms with van der Waals surface area (Å²) in [6, 6.07) is 20.8. The first-order chi connectivity index (χ1) is 8.74. The van der Waals surface area contributed by atoms with Crippen molar-refractivity contribution in [3.05, 3.63) is 60.7 Å². The molecule has 1 atom stereocenters. The van der Waals surface area contributed by atoms with Gasteiger partial charge in [0.25, 0.3) is 0 Å². The van der Waals surface area contributed by atoms with Gasteiger partial charge < -0.3 is 0 Å². The quantitative estimate of drug-likeness (QED) is 0.850. The number of benzene rings is 2. The predicted octanol–water partition coefficient (Wildman–Crippen LogP) is 4.03. The van der Waals surface area contributed by atoms with Gasteiger partial charge in [0.2, 0.25) is 0 Å². The second-order valence-electron chi connectivity index (χ2n) is 3.39. The first-order valence-electron chi connectivity index (χ1n) is 5.63.